The number of aryl methyl sites for hydroxylation is 1. The predicted molar refractivity (Wildman–Crippen MR) is 114 cm³/mol. The highest BCUT2D eigenvalue weighted by Gasteiger charge is 2.15. The molecule has 2 heterocycles. The van der Waals surface area contributed by atoms with Crippen LogP contribution in [0.15, 0.2) is 4.99 Å². The quantitative estimate of drug-likeness (QED) is 0.353. The molecule has 7 heteroatoms. The maximum atomic E-state index is 4.72. The van der Waals surface area contributed by atoms with Gasteiger partial charge in [0.15, 0.2) is 11.8 Å². The number of halogens is 1. The number of nitrogens with one attached hydrogen (secondary N) is 2. The first kappa shape index (κ1) is 22.2. The van der Waals surface area contributed by atoms with Crippen LogP contribution in [-0.2, 0) is 19.5 Å². The Hall–Kier alpha value is -0.860. The fourth-order valence-corrected chi connectivity index (χ4v) is 3.09. The largest absolute Gasteiger partial charge is 0.357 e. The van der Waals surface area contributed by atoms with E-state index in [0.717, 1.165) is 43.0 Å². The standard InChI is InChI=1S/C18H34N6.HI/c1-5-19-18(21-15(4)10-8-9-14(2)3)20-13-17-23-22-16-11-6-7-12-24(16)17;/h14-15H,5-13H2,1-4H3,(H2,19,20,21);1H. The zero-order valence-corrected chi connectivity index (χ0v) is 18.5. The topological polar surface area (TPSA) is 67.1 Å². The third-order valence-electron chi connectivity index (χ3n) is 4.46. The molecule has 1 aliphatic heterocycles. The van der Waals surface area contributed by atoms with E-state index in [1.165, 1.54) is 32.1 Å². The normalized spacial score (nSPS) is 15.5. The Balaban J connectivity index is 0.00000312. The van der Waals surface area contributed by atoms with Gasteiger partial charge in [-0.2, -0.15) is 0 Å². The second-order valence-electron chi connectivity index (χ2n) is 7.21. The number of nitrogens with zero attached hydrogens (tertiary/aromatic N) is 4. The number of hydrogen-bond acceptors (Lipinski definition) is 3. The van der Waals surface area contributed by atoms with E-state index in [1.54, 1.807) is 0 Å². The van der Waals surface area contributed by atoms with Crippen LogP contribution >= 0.6 is 24.0 Å². The van der Waals surface area contributed by atoms with Crippen LogP contribution in [0.5, 0.6) is 0 Å². The van der Waals surface area contributed by atoms with E-state index in [0.29, 0.717) is 12.6 Å². The molecule has 1 aromatic rings. The first-order valence-electron chi connectivity index (χ1n) is 9.56. The van der Waals surface area contributed by atoms with E-state index in [2.05, 4.69) is 53.1 Å². The van der Waals surface area contributed by atoms with Crippen molar-refractivity contribution in [1.29, 1.82) is 0 Å². The monoisotopic (exact) mass is 462 g/mol. The van der Waals surface area contributed by atoms with Gasteiger partial charge in [-0.3, -0.25) is 0 Å². The van der Waals surface area contributed by atoms with Gasteiger partial charge in [-0.1, -0.05) is 26.7 Å². The summed E-state index contributed by atoms with van der Waals surface area (Å²) in [7, 11) is 0. The molecule has 0 amide bonds. The summed E-state index contributed by atoms with van der Waals surface area (Å²) in [5, 5.41) is 15.5. The predicted octanol–water partition coefficient (Wildman–Crippen LogP) is 3.50. The smallest absolute Gasteiger partial charge is 0.191 e. The minimum Gasteiger partial charge on any atom is -0.357 e. The van der Waals surface area contributed by atoms with Crippen molar-refractivity contribution in [3.63, 3.8) is 0 Å². The van der Waals surface area contributed by atoms with Gasteiger partial charge in [0.25, 0.3) is 0 Å². The molecule has 0 radical (unpaired) electrons. The Kier molecular flexibility index (Phi) is 10.4. The van der Waals surface area contributed by atoms with Gasteiger partial charge in [-0.05, 0) is 39.0 Å². The maximum Gasteiger partial charge on any atom is 0.191 e. The third kappa shape index (κ3) is 7.50. The molecule has 1 aromatic heterocycles. The van der Waals surface area contributed by atoms with Gasteiger partial charge in [-0.25, -0.2) is 4.99 Å². The first-order chi connectivity index (χ1) is 11.6. The van der Waals surface area contributed by atoms with Gasteiger partial charge in [0.05, 0.1) is 0 Å². The average Bonchev–Trinajstić information content (AvgIpc) is 2.95. The summed E-state index contributed by atoms with van der Waals surface area (Å²) in [6, 6.07) is 0.425. The molecule has 0 fully saturated rings. The number of guanidine groups is 1. The minimum atomic E-state index is 0. The first-order valence-corrected chi connectivity index (χ1v) is 9.56. The zero-order chi connectivity index (χ0) is 17.4. The molecule has 0 aliphatic carbocycles. The van der Waals surface area contributed by atoms with E-state index in [-0.39, 0.29) is 24.0 Å². The van der Waals surface area contributed by atoms with Gasteiger partial charge < -0.3 is 15.2 Å². The molecule has 0 saturated carbocycles. The Labute approximate surface area is 169 Å². The van der Waals surface area contributed by atoms with Crippen LogP contribution in [0.2, 0.25) is 0 Å². The molecular formula is C18H35IN6. The van der Waals surface area contributed by atoms with E-state index < -0.39 is 0 Å². The number of rotatable bonds is 8. The summed E-state index contributed by atoms with van der Waals surface area (Å²) in [5.74, 6) is 3.75. The molecule has 0 spiro atoms. The van der Waals surface area contributed by atoms with Crippen LogP contribution in [0.25, 0.3) is 0 Å². The second-order valence-corrected chi connectivity index (χ2v) is 7.21. The molecule has 6 nitrogen and oxygen atoms in total. The number of aromatic nitrogens is 3. The minimum absolute atomic E-state index is 0. The van der Waals surface area contributed by atoms with Crippen molar-refractivity contribution in [3.8, 4) is 0 Å². The fraction of sp³-hybridized carbons (Fsp3) is 0.833. The lowest BCUT2D eigenvalue weighted by Crippen LogP contribution is -2.42. The van der Waals surface area contributed by atoms with Gasteiger partial charge in [0.1, 0.15) is 12.4 Å². The lowest BCUT2D eigenvalue weighted by molar-refractivity contribution is 0.490. The molecule has 144 valence electrons. The van der Waals surface area contributed by atoms with Crippen LogP contribution in [0.1, 0.15) is 71.4 Å². The van der Waals surface area contributed by atoms with Crippen LogP contribution in [-0.4, -0.2) is 33.3 Å². The lowest BCUT2D eigenvalue weighted by atomic mass is 10.0. The average molecular weight is 462 g/mol. The molecule has 0 aromatic carbocycles. The van der Waals surface area contributed by atoms with Crippen molar-refractivity contribution in [2.75, 3.05) is 6.54 Å². The Bertz CT molecular complexity index is 526. The van der Waals surface area contributed by atoms with Gasteiger partial charge >= 0.3 is 0 Å². The highest BCUT2D eigenvalue weighted by atomic mass is 127. The van der Waals surface area contributed by atoms with E-state index in [4.69, 9.17) is 4.99 Å². The van der Waals surface area contributed by atoms with Crippen LogP contribution in [0.3, 0.4) is 0 Å². The van der Waals surface area contributed by atoms with Crippen molar-refractivity contribution < 1.29 is 0 Å². The van der Waals surface area contributed by atoms with Gasteiger partial charge in [0.2, 0.25) is 0 Å². The van der Waals surface area contributed by atoms with Crippen LogP contribution in [0.4, 0.5) is 0 Å². The van der Waals surface area contributed by atoms with Crippen LogP contribution < -0.4 is 10.6 Å². The molecule has 1 aliphatic rings. The van der Waals surface area contributed by atoms with Crippen molar-refractivity contribution in [3.05, 3.63) is 11.6 Å². The third-order valence-corrected chi connectivity index (χ3v) is 4.46. The molecule has 1 atom stereocenters. The summed E-state index contributed by atoms with van der Waals surface area (Å²) < 4.78 is 2.24. The summed E-state index contributed by atoms with van der Waals surface area (Å²) in [5.41, 5.74) is 0. The van der Waals surface area contributed by atoms with Crippen molar-refractivity contribution in [1.82, 2.24) is 25.4 Å². The van der Waals surface area contributed by atoms with Gasteiger partial charge in [-0.15, -0.1) is 34.2 Å². The van der Waals surface area contributed by atoms with Gasteiger partial charge in [0, 0.05) is 25.6 Å². The Morgan fingerprint density at radius 1 is 1.20 bits per heavy atom. The lowest BCUT2D eigenvalue weighted by Gasteiger charge is -2.18. The summed E-state index contributed by atoms with van der Waals surface area (Å²) in [4.78, 5) is 4.72. The van der Waals surface area contributed by atoms with Crippen molar-refractivity contribution in [2.45, 2.75) is 85.4 Å². The second kappa shape index (κ2) is 11.7. The summed E-state index contributed by atoms with van der Waals surface area (Å²) in [6.45, 7) is 11.4. The molecule has 0 saturated heterocycles. The Morgan fingerprint density at radius 2 is 2.00 bits per heavy atom. The molecule has 2 N–H and O–H groups in total. The summed E-state index contributed by atoms with van der Waals surface area (Å²) in [6.07, 6.45) is 7.19. The van der Waals surface area contributed by atoms with Crippen molar-refractivity contribution in [2.24, 2.45) is 10.9 Å². The fourth-order valence-electron chi connectivity index (χ4n) is 3.09. The molecule has 1 unspecified atom stereocenters. The van der Waals surface area contributed by atoms with E-state index in [9.17, 15) is 0 Å². The van der Waals surface area contributed by atoms with E-state index in [1.807, 2.05) is 0 Å². The summed E-state index contributed by atoms with van der Waals surface area (Å²) >= 11 is 0. The highest BCUT2D eigenvalue weighted by Crippen LogP contribution is 2.14. The molecule has 2 rings (SSSR count). The molecular weight excluding hydrogens is 427 g/mol. The number of aliphatic imine (C=N–C) groups is 1. The maximum absolute atomic E-state index is 4.72. The molecule has 25 heavy (non-hydrogen) atoms. The zero-order valence-electron chi connectivity index (χ0n) is 16.2. The Morgan fingerprint density at radius 3 is 2.72 bits per heavy atom. The number of fused-ring (bicyclic) bond motifs is 1. The SMILES string of the molecule is CCNC(=NCc1nnc2n1CCCC2)NC(C)CCCC(C)C.I. The van der Waals surface area contributed by atoms with E-state index >= 15 is 0 Å². The molecule has 0 bridgehead atoms. The van der Waals surface area contributed by atoms with Crippen molar-refractivity contribution >= 4 is 29.9 Å². The number of hydrogen-bond donors (Lipinski definition) is 2. The highest BCUT2D eigenvalue weighted by molar-refractivity contribution is 14.0. The van der Waals surface area contributed by atoms with Crippen LogP contribution in [0, 0.1) is 5.92 Å².